The van der Waals surface area contributed by atoms with Crippen LogP contribution in [0.5, 0.6) is 0 Å². The molecule has 0 spiro atoms. The number of hydrogen-bond acceptors (Lipinski definition) is 4. The molecule has 1 aromatic heterocycles. The van der Waals surface area contributed by atoms with Crippen LogP contribution in [-0.2, 0) is 6.54 Å². The topological polar surface area (TPSA) is 83.8 Å². The summed E-state index contributed by atoms with van der Waals surface area (Å²) in [4.78, 5) is 17.7. The Morgan fingerprint density at radius 2 is 2.00 bits per heavy atom. The molecule has 0 bridgehead atoms. The molecule has 0 aliphatic rings. The summed E-state index contributed by atoms with van der Waals surface area (Å²) in [6.45, 7) is 2.53. The summed E-state index contributed by atoms with van der Waals surface area (Å²) in [5, 5.41) is 13.9. The van der Waals surface area contributed by atoms with Crippen LogP contribution in [0, 0.1) is 17.0 Å². The molecule has 0 aliphatic carbocycles. The first-order valence-corrected chi connectivity index (χ1v) is 6.55. The second-order valence-corrected chi connectivity index (χ2v) is 4.83. The van der Waals surface area contributed by atoms with Gasteiger partial charge in [-0.15, -0.1) is 0 Å². The fourth-order valence-electron chi connectivity index (χ4n) is 2.19. The van der Waals surface area contributed by atoms with Crippen LogP contribution in [0.15, 0.2) is 42.5 Å². The second kappa shape index (κ2) is 5.24. The van der Waals surface area contributed by atoms with E-state index >= 15 is 0 Å². The Labute approximate surface area is 121 Å². The number of non-ortho nitro benzene ring substituents is 1. The number of nitro benzene ring substituents is 1. The van der Waals surface area contributed by atoms with Gasteiger partial charge in [0, 0.05) is 24.4 Å². The van der Waals surface area contributed by atoms with E-state index in [1.54, 1.807) is 12.1 Å². The average molecular weight is 282 g/mol. The van der Waals surface area contributed by atoms with E-state index in [2.05, 4.69) is 15.3 Å². The molecule has 6 nitrogen and oxygen atoms in total. The Hall–Kier alpha value is -2.89. The first-order chi connectivity index (χ1) is 10.1. The number of anilines is 1. The molecule has 3 rings (SSSR count). The molecule has 106 valence electrons. The molecule has 6 heteroatoms. The van der Waals surface area contributed by atoms with Crippen LogP contribution in [0.2, 0.25) is 0 Å². The average Bonchev–Trinajstić information content (AvgIpc) is 2.84. The van der Waals surface area contributed by atoms with E-state index in [0.717, 1.165) is 28.1 Å². The monoisotopic (exact) mass is 282 g/mol. The molecule has 0 fully saturated rings. The number of aryl methyl sites for hydroxylation is 1. The number of H-pyrrole nitrogens is 1. The minimum atomic E-state index is -0.397. The molecule has 0 unspecified atom stereocenters. The van der Waals surface area contributed by atoms with Crippen LogP contribution in [0.25, 0.3) is 11.0 Å². The molecule has 0 radical (unpaired) electrons. The Bertz CT molecular complexity index is 793. The van der Waals surface area contributed by atoms with E-state index in [1.807, 2.05) is 25.1 Å². The fourth-order valence-corrected chi connectivity index (χ4v) is 2.19. The van der Waals surface area contributed by atoms with Crippen molar-refractivity contribution in [3.05, 3.63) is 64.0 Å². The highest BCUT2D eigenvalue weighted by atomic mass is 16.6. The van der Waals surface area contributed by atoms with Gasteiger partial charge in [0.1, 0.15) is 5.82 Å². The van der Waals surface area contributed by atoms with Gasteiger partial charge in [-0.2, -0.15) is 0 Å². The number of aromatic amines is 1. The number of nitrogens with one attached hydrogen (secondary N) is 2. The quantitative estimate of drug-likeness (QED) is 0.567. The van der Waals surface area contributed by atoms with Gasteiger partial charge in [0.2, 0.25) is 0 Å². The van der Waals surface area contributed by atoms with Crippen LogP contribution in [-0.4, -0.2) is 14.9 Å². The summed E-state index contributed by atoms with van der Waals surface area (Å²) >= 11 is 0. The van der Waals surface area contributed by atoms with Crippen molar-refractivity contribution in [1.82, 2.24) is 9.97 Å². The van der Waals surface area contributed by atoms with Crippen molar-refractivity contribution < 1.29 is 4.92 Å². The van der Waals surface area contributed by atoms with E-state index < -0.39 is 4.92 Å². The SMILES string of the molecule is Cc1nc2ccc(NCc3ccc([N+](=O)[O-])cc3)cc2[nH]1. The van der Waals surface area contributed by atoms with Gasteiger partial charge in [-0.25, -0.2) is 4.98 Å². The van der Waals surface area contributed by atoms with E-state index in [1.165, 1.54) is 12.1 Å². The summed E-state index contributed by atoms with van der Waals surface area (Å²) < 4.78 is 0. The molecular weight excluding hydrogens is 268 g/mol. The number of rotatable bonds is 4. The molecule has 0 amide bonds. The Morgan fingerprint density at radius 1 is 1.24 bits per heavy atom. The lowest BCUT2D eigenvalue weighted by molar-refractivity contribution is -0.384. The van der Waals surface area contributed by atoms with Crippen molar-refractivity contribution in [3.8, 4) is 0 Å². The first-order valence-electron chi connectivity index (χ1n) is 6.55. The van der Waals surface area contributed by atoms with Crippen molar-refractivity contribution in [2.24, 2.45) is 0 Å². The predicted octanol–water partition coefficient (Wildman–Crippen LogP) is 3.39. The molecule has 0 aliphatic heterocycles. The molecule has 1 heterocycles. The number of nitrogens with zero attached hydrogens (tertiary/aromatic N) is 2. The number of imidazole rings is 1. The van der Waals surface area contributed by atoms with Crippen molar-refractivity contribution >= 4 is 22.4 Å². The number of benzene rings is 2. The minimum Gasteiger partial charge on any atom is -0.381 e. The third kappa shape index (κ3) is 2.84. The Kier molecular flexibility index (Phi) is 3.27. The lowest BCUT2D eigenvalue weighted by Gasteiger charge is -2.06. The standard InChI is InChI=1S/C15H14N4O2/c1-10-17-14-7-4-12(8-15(14)18-10)16-9-11-2-5-13(6-3-11)19(20)21/h2-8,16H,9H2,1H3,(H,17,18). The maximum absolute atomic E-state index is 10.6. The summed E-state index contributed by atoms with van der Waals surface area (Å²) in [5.41, 5.74) is 3.99. The van der Waals surface area contributed by atoms with E-state index in [0.29, 0.717) is 6.54 Å². The molecule has 0 saturated heterocycles. The Morgan fingerprint density at radius 3 is 2.71 bits per heavy atom. The van der Waals surface area contributed by atoms with Crippen LogP contribution in [0.3, 0.4) is 0 Å². The van der Waals surface area contributed by atoms with Crippen LogP contribution >= 0.6 is 0 Å². The molecule has 2 aromatic carbocycles. The Balaban J connectivity index is 1.71. The summed E-state index contributed by atoms with van der Waals surface area (Å²) in [5.74, 6) is 0.887. The van der Waals surface area contributed by atoms with Gasteiger partial charge in [-0.1, -0.05) is 12.1 Å². The smallest absolute Gasteiger partial charge is 0.269 e. The van der Waals surface area contributed by atoms with Crippen LogP contribution < -0.4 is 5.32 Å². The molecule has 3 aromatic rings. The highest BCUT2D eigenvalue weighted by molar-refractivity contribution is 5.79. The van der Waals surface area contributed by atoms with Gasteiger partial charge >= 0.3 is 0 Å². The minimum absolute atomic E-state index is 0.105. The fraction of sp³-hybridized carbons (Fsp3) is 0.133. The van der Waals surface area contributed by atoms with Gasteiger partial charge in [-0.3, -0.25) is 10.1 Å². The van der Waals surface area contributed by atoms with E-state index in [-0.39, 0.29) is 5.69 Å². The molecule has 21 heavy (non-hydrogen) atoms. The highest BCUT2D eigenvalue weighted by Gasteiger charge is 2.04. The molecule has 0 atom stereocenters. The summed E-state index contributed by atoms with van der Waals surface area (Å²) in [6.07, 6.45) is 0. The summed E-state index contributed by atoms with van der Waals surface area (Å²) in [7, 11) is 0. The third-order valence-electron chi connectivity index (χ3n) is 3.24. The van der Waals surface area contributed by atoms with Crippen molar-refractivity contribution in [2.45, 2.75) is 13.5 Å². The van der Waals surface area contributed by atoms with E-state index in [9.17, 15) is 10.1 Å². The van der Waals surface area contributed by atoms with Gasteiger partial charge in [-0.05, 0) is 30.7 Å². The largest absolute Gasteiger partial charge is 0.381 e. The van der Waals surface area contributed by atoms with Gasteiger partial charge in [0.25, 0.3) is 5.69 Å². The van der Waals surface area contributed by atoms with Crippen LogP contribution in [0.1, 0.15) is 11.4 Å². The first kappa shape index (κ1) is 13.1. The summed E-state index contributed by atoms with van der Waals surface area (Å²) in [6, 6.07) is 12.5. The van der Waals surface area contributed by atoms with E-state index in [4.69, 9.17) is 0 Å². The number of hydrogen-bond donors (Lipinski definition) is 2. The third-order valence-corrected chi connectivity index (χ3v) is 3.24. The van der Waals surface area contributed by atoms with Crippen molar-refractivity contribution in [3.63, 3.8) is 0 Å². The van der Waals surface area contributed by atoms with Crippen molar-refractivity contribution in [2.75, 3.05) is 5.32 Å². The zero-order chi connectivity index (χ0) is 14.8. The predicted molar refractivity (Wildman–Crippen MR) is 81.3 cm³/mol. The lowest BCUT2D eigenvalue weighted by Crippen LogP contribution is -1.99. The molecule has 2 N–H and O–H groups in total. The molecular formula is C15H14N4O2. The van der Waals surface area contributed by atoms with Crippen LogP contribution in [0.4, 0.5) is 11.4 Å². The lowest BCUT2D eigenvalue weighted by atomic mass is 10.2. The number of nitro groups is 1. The van der Waals surface area contributed by atoms with Crippen molar-refractivity contribution in [1.29, 1.82) is 0 Å². The van der Waals surface area contributed by atoms with Gasteiger partial charge < -0.3 is 10.3 Å². The zero-order valence-corrected chi connectivity index (χ0v) is 11.5. The van der Waals surface area contributed by atoms with Gasteiger partial charge in [0.15, 0.2) is 0 Å². The highest BCUT2D eigenvalue weighted by Crippen LogP contribution is 2.18. The maximum Gasteiger partial charge on any atom is 0.269 e. The maximum atomic E-state index is 10.6. The number of fused-ring (bicyclic) bond motifs is 1. The normalized spacial score (nSPS) is 10.7. The zero-order valence-electron chi connectivity index (χ0n) is 11.5. The second-order valence-electron chi connectivity index (χ2n) is 4.83. The van der Waals surface area contributed by atoms with Gasteiger partial charge in [0.05, 0.1) is 16.0 Å². The molecule has 0 saturated carbocycles. The number of aromatic nitrogens is 2.